The highest BCUT2D eigenvalue weighted by Crippen LogP contribution is 2.25. The van der Waals surface area contributed by atoms with Crippen molar-refractivity contribution < 1.29 is 14.3 Å². The van der Waals surface area contributed by atoms with Gasteiger partial charge in [0, 0.05) is 6.04 Å². The Labute approximate surface area is 125 Å². The fourth-order valence-corrected chi connectivity index (χ4v) is 1.93. The van der Waals surface area contributed by atoms with Gasteiger partial charge in [-0.3, -0.25) is 0 Å². The van der Waals surface area contributed by atoms with Crippen LogP contribution in [-0.2, 0) is 16.0 Å². The molecule has 0 radical (unpaired) electrons. The Morgan fingerprint density at radius 1 is 1.45 bits per heavy atom. The maximum atomic E-state index is 11.4. The molecule has 1 aromatic rings. The van der Waals surface area contributed by atoms with E-state index in [-0.39, 0.29) is 18.6 Å². The molecule has 0 spiro atoms. The van der Waals surface area contributed by atoms with Crippen molar-refractivity contribution >= 4 is 17.6 Å². The van der Waals surface area contributed by atoms with Gasteiger partial charge in [0.1, 0.15) is 5.75 Å². The molecule has 0 aromatic heterocycles. The van der Waals surface area contributed by atoms with Crippen molar-refractivity contribution in [1.29, 1.82) is 0 Å². The molecule has 1 atom stereocenters. The van der Waals surface area contributed by atoms with E-state index in [1.165, 1.54) is 0 Å². The van der Waals surface area contributed by atoms with Crippen LogP contribution in [0.25, 0.3) is 0 Å². The van der Waals surface area contributed by atoms with E-state index < -0.39 is 0 Å². The maximum Gasteiger partial charge on any atom is 0.344 e. The highest BCUT2D eigenvalue weighted by atomic mass is 35.5. The molecule has 0 saturated heterocycles. The maximum absolute atomic E-state index is 11.4. The van der Waals surface area contributed by atoms with Crippen LogP contribution in [0.4, 0.5) is 0 Å². The lowest BCUT2D eigenvalue weighted by Gasteiger charge is -2.10. The van der Waals surface area contributed by atoms with E-state index in [0.717, 1.165) is 24.8 Å². The van der Waals surface area contributed by atoms with Crippen molar-refractivity contribution in [3.63, 3.8) is 0 Å². The Balaban J connectivity index is 2.46. The number of nitrogens with two attached hydrogens (primary N) is 1. The number of carbonyl (C=O) groups excluding carboxylic acids is 1. The van der Waals surface area contributed by atoms with Crippen molar-refractivity contribution in [3.8, 4) is 5.75 Å². The Bertz CT molecular complexity index is 435. The molecule has 0 saturated carbocycles. The summed E-state index contributed by atoms with van der Waals surface area (Å²) in [5.74, 6) is 0.0988. The minimum absolute atomic E-state index is 0.0754. The first kappa shape index (κ1) is 16.8. The lowest BCUT2D eigenvalue weighted by Crippen LogP contribution is -2.18. The molecule has 0 aliphatic heterocycles. The summed E-state index contributed by atoms with van der Waals surface area (Å²) in [5.41, 5.74) is 6.78. The third-order valence-electron chi connectivity index (χ3n) is 2.66. The molecule has 112 valence electrons. The monoisotopic (exact) mass is 299 g/mol. The standard InChI is InChI=1S/C15H22ClNO3/c1-3-4-7-19-15(18)10-20-14-6-5-12(8-11(2)17)9-13(14)16/h5-6,9,11H,3-4,7-8,10,17H2,1-2H3. The SMILES string of the molecule is CCCCOC(=O)COc1ccc(CC(C)N)cc1Cl. The second-order valence-electron chi connectivity index (χ2n) is 4.81. The summed E-state index contributed by atoms with van der Waals surface area (Å²) in [6, 6.07) is 5.53. The smallest absolute Gasteiger partial charge is 0.344 e. The molecule has 5 heteroatoms. The minimum Gasteiger partial charge on any atom is -0.480 e. The van der Waals surface area contributed by atoms with Crippen LogP contribution in [0.2, 0.25) is 5.02 Å². The lowest BCUT2D eigenvalue weighted by molar-refractivity contribution is -0.146. The third-order valence-corrected chi connectivity index (χ3v) is 2.96. The zero-order valence-electron chi connectivity index (χ0n) is 12.0. The van der Waals surface area contributed by atoms with E-state index in [1.807, 2.05) is 26.0 Å². The van der Waals surface area contributed by atoms with Crippen molar-refractivity contribution in [2.24, 2.45) is 5.73 Å². The highest BCUT2D eigenvalue weighted by Gasteiger charge is 2.08. The van der Waals surface area contributed by atoms with Crippen molar-refractivity contribution in [3.05, 3.63) is 28.8 Å². The fourth-order valence-electron chi connectivity index (χ4n) is 1.67. The number of unbranched alkanes of at least 4 members (excludes halogenated alkanes) is 1. The molecule has 1 aromatic carbocycles. The van der Waals surface area contributed by atoms with E-state index in [0.29, 0.717) is 17.4 Å². The third kappa shape index (κ3) is 6.26. The number of hydrogen-bond acceptors (Lipinski definition) is 4. The topological polar surface area (TPSA) is 61.5 Å². The molecule has 1 rings (SSSR count). The molecule has 0 aliphatic rings. The number of esters is 1. The number of rotatable bonds is 8. The van der Waals surface area contributed by atoms with E-state index in [9.17, 15) is 4.79 Å². The average molecular weight is 300 g/mol. The van der Waals surface area contributed by atoms with E-state index in [2.05, 4.69) is 0 Å². The molecule has 0 aliphatic carbocycles. The van der Waals surface area contributed by atoms with Gasteiger partial charge in [0.2, 0.25) is 0 Å². The Morgan fingerprint density at radius 2 is 2.20 bits per heavy atom. The number of carbonyl (C=O) groups is 1. The van der Waals surface area contributed by atoms with Gasteiger partial charge in [-0.05, 0) is 37.5 Å². The van der Waals surface area contributed by atoms with Crippen LogP contribution in [-0.4, -0.2) is 25.2 Å². The molecular formula is C15H22ClNO3. The van der Waals surface area contributed by atoms with Crippen LogP contribution in [0, 0.1) is 0 Å². The van der Waals surface area contributed by atoms with Gasteiger partial charge < -0.3 is 15.2 Å². The Morgan fingerprint density at radius 3 is 2.80 bits per heavy atom. The van der Waals surface area contributed by atoms with Crippen molar-refractivity contribution in [1.82, 2.24) is 0 Å². The molecule has 2 N–H and O–H groups in total. The first-order valence-electron chi connectivity index (χ1n) is 6.85. The summed E-state index contributed by atoms with van der Waals surface area (Å²) in [7, 11) is 0. The second-order valence-corrected chi connectivity index (χ2v) is 5.22. The van der Waals surface area contributed by atoms with Gasteiger partial charge in [-0.1, -0.05) is 31.0 Å². The summed E-state index contributed by atoms with van der Waals surface area (Å²) >= 11 is 6.11. The Hall–Kier alpha value is -1.26. The number of benzene rings is 1. The van der Waals surface area contributed by atoms with Crippen LogP contribution in [0.1, 0.15) is 32.3 Å². The van der Waals surface area contributed by atoms with Crippen LogP contribution in [0.3, 0.4) is 0 Å². The van der Waals surface area contributed by atoms with Crippen LogP contribution < -0.4 is 10.5 Å². The summed E-state index contributed by atoms with van der Waals surface area (Å²) in [5, 5.41) is 0.476. The normalized spacial score (nSPS) is 12.0. The lowest BCUT2D eigenvalue weighted by atomic mass is 10.1. The molecule has 0 heterocycles. The molecule has 0 amide bonds. The second kappa shape index (κ2) is 8.82. The number of ether oxygens (including phenoxy) is 2. The highest BCUT2D eigenvalue weighted by molar-refractivity contribution is 6.32. The first-order valence-corrected chi connectivity index (χ1v) is 7.23. The average Bonchev–Trinajstić information content (AvgIpc) is 2.37. The number of hydrogen-bond donors (Lipinski definition) is 1. The summed E-state index contributed by atoms with van der Waals surface area (Å²) < 4.78 is 10.3. The fraction of sp³-hybridized carbons (Fsp3) is 0.533. The molecule has 1 unspecified atom stereocenters. The molecule has 0 bridgehead atoms. The summed E-state index contributed by atoms with van der Waals surface area (Å²) in [6.07, 6.45) is 2.60. The molecule has 0 fully saturated rings. The first-order chi connectivity index (χ1) is 9.52. The zero-order valence-corrected chi connectivity index (χ0v) is 12.8. The zero-order chi connectivity index (χ0) is 15.0. The van der Waals surface area contributed by atoms with Crippen LogP contribution in [0.5, 0.6) is 5.75 Å². The number of halogens is 1. The van der Waals surface area contributed by atoms with E-state index >= 15 is 0 Å². The van der Waals surface area contributed by atoms with Gasteiger partial charge in [-0.15, -0.1) is 0 Å². The largest absolute Gasteiger partial charge is 0.480 e. The predicted molar refractivity (Wildman–Crippen MR) is 80.2 cm³/mol. The van der Waals surface area contributed by atoms with Gasteiger partial charge in [0.05, 0.1) is 11.6 Å². The summed E-state index contributed by atoms with van der Waals surface area (Å²) in [6.45, 7) is 4.27. The van der Waals surface area contributed by atoms with Crippen LogP contribution >= 0.6 is 11.6 Å². The molecule has 4 nitrogen and oxygen atoms in total. The van der Waals surface area contributed by atoms with E-state index in [1.54, 1.807) is 6.07 Å². The quantitative estimate of drug-likeness (QED) is 0.592. The van der Waals surface area contributed by atoms with Gasteiger partial charge in [0.15, 0.2) is 6.61 Å². The Kier molecular flexibility index (Phi) is 7.41. The van der Waals surface area contributed by atoms with Gasteiger partial charge >= 0.3 is 5.97 Å². The minimum atomic E-state index is -0.380. The van der Waals surface area contributed by atoms with Gasteiger partial charge in [0.25, 0.3) is 0 Å². The van der Waals surface area contributed by atoms with Crippen molar-refractivity contribution in [2.75, 3.05) is 13.2 Å². The molecule has 20 heavy (non-hydrogen) atoms. The van der Waals surface area contributed by atoms with Gasteiger partial charge in [-0.25, -0.2) is 4.79 Å². The predicted octanol–water partition coefficient (Wildman–Crippen LogP) is 2.95. The van der Waals surface area contributed by atoms with Crippen LogP contribution in [0.15, 0.2) is 18.2 Å². The van der Waals surface area contributed by atoms with Gasteiger partial charge in [-0.2, -0.15) is 0 Å². The summed E-state index contributed by atoms with van der Waals surface area (Å²) in [4.78, 5) is 11.4. The van der Waals surface area contributed by atoms with E-state index in [4.69, 9.17) is 26.8 Å². The molecular weight excluding hydrogens is 278 g/mol. The van der Waals surface area contributed by atoms with Crippen molar-refractivity contribution in [2.45, 2.75) is 39.2 Å².